The number of benzene rings is 1. The van der Waals surface area contributed by atoms with Crippen molar-refractivity contribution in [2.45, 2.75) is 6.42 Å². The van der Waals surface area contributed by atoms with Crippen LogP contribution in [-0.4, -0.2) is 81.4 Å². The van der Waals surface area contributed by atoms with Gasteiger partial charge in [-0.1, -0.05) is 12.2 Å². The number of anilines is 4. The fourth-order valence-corrected chi connectivity index (χ4v) is 3.72. The van der Waals surface area contributed by atoms with Gasteiger partial charge in [-0.3, -0.25) is 9.69 Å². The minimum atomic E-state index is -0.574. The predicted molar refractivity (Wildman–Crippen MR) is 143 cm³/mol. The first kappa shape index (κ1) is 27.6. The van der Waals surface area contributed by atoms with E-state index >= 15 is 0 Å². The third kappa shape index (κ3) is 8.26. The monoisotopic (exact) mass is 513 g/mol. The molecule has 1 aromatic heterocycles. The molecule has 2 aromatic rings. The third-order valence-electron chi connectivity index (χ3n) is 5.69. The summed E-state index contributed by atoms with van der Waals surface area (Å²) in [6.45, 7) is 5.61. The molecule has 12 nitrogen and oxygen atoms in total. The summed E-state index contributed by atoms with van der Waals surface area (Å²) in [5.41, 5.74) is 19.5. The Hall–Kier alpha value is -4.03. The Morgan fingerprint density at radius 2 is 1.78 bits per heavy atom. The van der Waals surface area contributed by atoms with Crippen molar-refractivity contribution in [3.8, 4) is 5.75 Å². The lowest BCUT2D eigenvalue weighted by molar-refractivity contribution is 0.0358. The van der Waals surface area contributed by atoms with Crippen molar-refractivity contribution in [1.82, 2.24) is 9.88 Å². The Labute approximate surface area is 216 Å². The van der Waals surface area contributed by atoms with Gasteiger partial charge in [0.1, 0.15) is 17.3 Å². The summed E-state index contributed by atoms with van der Waals surface area (Å²) in [4.78, 5) is 29.8. The maximum absolute atomic E-state index is 11.7. The second-order valence-corrected chi connectivity index (χ2v) is 8.35. The molecule has 200 valence electrons. The highest BCUT2D eigenvalue weighted by molar-refractivity contribution is 5.96. The van der Waals surface area contributed by atoms with Crippen LogP contribution in [0.2, 0.25) is 0 Å². The van der Waals surface area contributed by atoms with E-state index in [4.69, 9.17) is 26.7 Å². The number of amides is 1. The largest absolute Gasteiger partial charge is 0.491 e. The van der Waals surface area contributed by atoms with Crippen LogP contribution in [0.3, 0.4) is 0 Å². The van der Waals surface area contributed by atoms with Crippen molar-refractivity contribution < 1.29 is 23.8 Å². The number of pyridine rings is 1. The molecule has 0 radical (unpaired) electrons. The van der Waals surface area contributed by atoms with E-state index in [1.54, 1.807) is 6.07 Å². The summed E-state index contributed by atoms with van der Waals surface area (Å²) in [6, 6.07) is 4.64. The number of carbonyl (C=O) groups excluding carboxylic acids is 2. The van der Waals surface area contributed by atoms with E-state index in [9.17, 15) is 9.59 Å². The number of nitrogen functional groups attached to an aromatic ring is 2. The van der Waals surface area contributed by atoms with Crippen LogP contribution in [0.15, 0.2) is 36.5 Å². The number of nitrogens with zero attached hydrogens (tertiary/aromatic N) is 2. The quantitative estimate of drug-likeness (QED) is 0.113. The Kier molecular flexibility index (Phi) is 10.4. The number of hydrogen-bond donors (Lipinski definition) is 5. The van der Waals surface area contributed by atoms with E-state index in [0.29, 0.717) is 48.3 Å². The SMILES string of the molecule is COC(=O)c1cnc(NC/C=C/CNc2c(N)cc(C(N)=O)cc2OCCCN2CCOCC2)c(N)c1. The number of hydrogen-bond acceptors (Lipinski definition) is 11. The number of aromatic nitrogens is 1. The summed E-state index contributed by atoms with van der Waals surface area (Å²) in [7, 11) is 1.30. The van der Waals surface area contributed by atoms with Gasteiger partial charge in [0.05, 0.1) is 43.9 Å². The van der Waals surface area contributed by atoms with Crippen LogP contribution in [0.1, 0.15) is 27.1 Å². The molecule has 1 fully saturated rings. The zero-order valence-electron chi connectivity index (χ0n) is 21.0. The molecule has 1 aromatic carbocycles. The number of ether oxygens (including phenoxy) is 3. The summed E-state index contributed by atoms with van der Waals surface area (Å²) < 4.78 is 16.0. The van der Waals surface area contributed by atoms with Crippen LogP contribution in [0.5, 0.6) is 5.75 Å². The highest BCUT2D eigenvalue weighted by atomic mass is 16.5. The maximum Gasteiger partial charge on any atom is 0.339 e. The highest BCUT2D eigenvalue weighted by Crippen LogP contribution is 2.32. The van der Waals surface area contributed by atoms with Crippen LogP contribution in [0.25, 0.3) is 0 Å². The third-order valence-corrected chi connectivity index (χ3v) is 5.69. The Morgan fingerprint density at radius 1 is 1.08 bits per heavy atom. The standard InChI is InChI=1S/C25H35N7O5/c1-35-25(34)18-14-20(27)24(31-16-18)30-6-3-2-5-29-22-19(26)13-17(23(28)33)15-21(22)37-10-4-7-32-8-11-36-12-9-32/h2-3,13-16,29H,4-12,26-27H2,1H3,(H2,28,33)(H,30,31)/b3-2+. The van der Waals surface area contributed by atoms with E-state index < -0.39 is 11.9 Å². The van der Waals surface area contributed by atoms with E-state index in [0.717, 1.165) is 39.3 Å². The molecule has 1 aliphatic rings. The van der Waals surface area contributed by atoms with Crippen molar-refractivity contribution in [2.75, 3.05) is 81.8 Å². The van der Waals surface area contributed by atoms with Gasteiger partial charge in [0.25, 0.3) is 0 Å². The molecule has 0 spiro atoms. The van der Waals surface area contributed by atoms with Crippen LogP contribution < -0.4 is 32.6 Å². The van der Waals surface area contributed by atoms with Crippen LogP contribution in [-0.2, 0) is 9.47 Å². The molecule has 0 bridgehead atoms. The minimum Gasteiger partial charge on any atom is -0.491 e. The zero-order valence-corrected chi connectivity index (χ0v) is 21.0. The summed E-state index contributed by atoms with van der Waals surface area (Å²) in [6.07, 6.45) is 6.01. The molecule has 3 rings (SSSR count). The van der Waals surface area contributed by atoms with Crippen molar-refractivity contribution >= 4 is 34.8 Å². The van der Waals surface area contributed by atoms with Gasteiger partial charge in [-0.2, -0.15) is 0 Å². The number of nitrogens with two attached hydrogens (primary N) is 3. The second kappa shape index (κ2) is 13.9. The number of methoxy groups -OCH3 is 1. The van der Waals surface area contributed by atoms with Gasteiger partial charge < -0.3 is 42.0 Å². The Bertz CT molecular complexity index is 1100. The summed E-state index contributed by atoms with van der Waals surface area (Å²) in [5, 5.41) is 6.32. The molecule has 8 N–H and O–H groups in total. The van der Waals surface area contributed by atoms with Crippen molar-refractivity contribution in [1.29, 1.82) is 0 Å². The smallest absolute Gasteiger partial charge is 0.339 e. The normalized spacial score (nSPS) is 13.9. The van der Waals surface area contributed by atoms with Gasteiger partial charge in [0, 0.05) is 44.5 Å². The Morgan fingerprint density at radius 3 is 2.46 bits per heavy atom. The fourth-order valence-electron chi connectivity index (χ4n) is 3.72. The maximum atomic E-state index is 11.7. The molecule has 12 heteroatoms. The van der Waals surface area contributed by atoms with Gasteiger partial charge in [0.15, 0.2) is 0 Å². The number of esters is 1. The molecule has 1 aliphatic heterocycles. The molecule has 1 saturated heterocycles. The minimum absolute atomic E-state index is 0.282. The van der Waals surface area contributed by atoms with E-state index in [1.165, 1.54) is 25.4 Å². The lowest BCUT2D eigenvalue weighted by Gasteiger charge is -2.26. The molecular formula is C25H35N7O5. The average Bonchev–Trinajstić information content (AvgIpc) is 2.90. The highest BCUT2D eigenvalue weighted by Gasteiger charge is 2.14. The molecule has 0 atom stereocenters. The number of primary amides is 1. The Balaban J connectivity index is 1.52. The fraction of sp³-hybridized carbons (Fsp3) is 0.400. The first-order valence-corrected chi connectivity index (χ1v) is 12.0. The lowest BCUT2D eigenvalue weighted by atomic mass is 10.1. The number of morpholine rings is 1. The second-order valence-electron chi connectivity index (χ2n) is 8.35. The molecule has 0 saturated carbocycles. The number of carbonyl (C=O) groups is 2. The van der Waals surface area contributed by atoms with Crippen molar-refractivity contribution in [2.24, 2.45) is 5.73 Å². The molecule has 0 aliphatic carbocycles. The first-order chi connectivity index (χ1) is 17.9. The van der Waals surface area contributed by atoms with Gasteiger partial charge in [0.2, 0.25) is 5.91 Å². The van der Waals surface area contributed by atoms with Crippen molar-refractivity contribution in [3.05, 3.63) is 47.7 Å². The van der Waals surface area contributed by atoms with E-state index in [-0.39, 0.29) is 11.1 Å². The van der Waals surface area contributed by atoms with E-state index in [2.05, 4.69) is 25.3 Å². The van der Waals surface area contributed by atoms with Gasteiger partial charge in [-0.25, -0.2) is 9.78 Å². The first-order valence-electron chi connectivity index (χ1n) is 12.0. The van der Waals surface area contributed by atoms with Gasteiger partial charge in [-0.05, 0) is 24.6 Å². The topological polar surface area (TPSA) is 180 Å². The zero-order chi connectivity index (χ0) is 26.6. The van der Waals surface area contributed by atoms with Crippen LogP contribution in [0.4, 0.5) is 22.9 Å². The predicted octanol–water partition coefficient (Wildman–Crippen LogP) is 1.31. The van der Waals surface area contributed by atoms with Crippen molar-refractivity contribution in [3.63, 3.8) is 0 Å². The summed E-state index contributed by atoms with van der Waals surface area (Å²) in [5.74, 6) is -0.135. The molecule has 2 heterocycles. The van der Waals surface area contributed by atoms with Crippen LogP contribution in [0, 0.1) is 0 Å². The lowest BCUT2D eigenvalue weighted by Crippen LogP contribution is -2.37. The summed E-state index contributed by atoms with van der Waals surface area (Å²) >= 11 is 0. The van der Waals surface area contributed by atoms with Crippen LogP contribution >= 0.6 is 0 Å². The van der Waals surface area contributed by atoms with Gasteiger partial charge in [-0.15, -0.1) is 0 Å². The number of rotatable bonds is 13. The average molecular weight is 514 g/mol. The van der Waals surface area contributed by atoms with Gasteiger partial charge >= 0.3 is 5.97 Å². The molecule has 0 unspecified atom stereocenters. The molecule has 1 amide bonds. The molecule has 37 heavy (non-hydrogen) atoms. The molecular weight excluding hydrogens is 478 g/mol. The number of nitrogens with one attached hydrogen (secondary N) is 2. The van der Waals surface area contributed by atoms with E-state index in [1.807, 2.05) is 12.2 Å².